The lowest BCUT2D eigenvalue weighted by Crippen LogP contribution is -2.60. The van der Waals surface area contributed by atoms with Gasteiger partial charge in [-0.1, -0.05) is 20.8 Å². The average Bonchev–Trinajstić information content (AvgIpc) is 2.31. The molecule has 124 valence electrons. The highest BCUT2D eigenvalue weighted by molar-refractivity contribution is 5.67. The van der Waals surface area contributed by atoms with Crippen LogP contribution in [0.2, 0.25) is 0 Å². The number of nitrogens with zero attached hydrogens (tertiary/aromatic N) is 1. The van der Waals surface area contributed by atoms with E-state index >= 15 is 0 Å². The van der Waals surface area contributed by atoms with Crippen molar-refractivity contribution in [1.82, 2.24) is 10.2 Å². The maximum atomic E-state index is 11.9. The van der Waals surface area contributed by atoms with Gasteiger partial charge in [0.05, 0.1) is 6.10 Å². The summed E-state index contributed by atoms with van der Waals surface area (Å²) >= 11 is 0. The van der Waals surface area contributed by atoms with Gasteiger partial charge in [-0.25, -0.2) is 4.79 Å². The van der Waals surface area contributed by atoms with Crippen molar-refractivity contribution >= 4 is 6.09 Å². The number of hydrogen-bond acceptors (Lipinski definition) is 4. The molecule has 0 aromatic rings. The SMILES string of the molecule is CC(CNC1CC(O)C1(C)C)CN(C)C(=O)OC(C)(C)C. The molecule has 1 aliphatic rings. The van der Waals surface area contributed by atoms with Gasteiger partial charge in [-0.3, -0.25) is 0 Å². The highest BCUT2D eigenvalue weighted by atomic mass is 16.6. The minimum Gasteiger partial charge on any atom is -0.444 e. The second-order valence-corrected chi connectivity index (χ2v) is 8.00. The molecule has 5 heteroatoms. The maximum Gasteiger partial charge on any atom is 0.410 e. The predicted molar refractivity (Wildman–Crippen MR) is 84.2 cm³/mol. The fourth-order valence-corrected chi connectivity index (χ4v) is 2.54. The molecule has 2 N–H and O–H groups in total. The molecule has 0 saturated heterocycles. The summed E-state index contributed by atoms with van der Waals surface area (Å²) in [7, 11) is 1.77. The molecule has 0 radical (unpaired) electrons. The first-order chi connectivity index (χ1) is 9.43. The molecule has 1 rings (SSSR count). The minimum absolute atomic E-state index is 0.0587. The molecule has 0 bridgehead atoms. The van der Waals surface area contributed by atoms with Crippen LogP contribution in [0.1, 0.15) is 48.0 Å². The Morgan fingerprint density at radius 1 is 1.48 bits per heavy atom. The normalized spacial score (nSPS) is 25.9. The van der Waals surface area contributed by atoms with E-state index < -0.39 is 5.60 Å². The van der Waals surface area contributed by atoms with E-state index in [0.29, 0.717) is 18.5 Å². The smallest absolute Gasteiger partial charge is 0.410 e. The molecular weight excluding hydrogens is 268 g/mol. The third-order valence-electron chi connectivity index (χ3n) is 4.22. The Labute approximate surface area is 129 Å². The van der Waals surface area contributed by atoms with E-state index in [4.69, 9.17) is 4.74 Å². The lowest BCUT2D eigenvalue weighted by atomic mass is 9.64. The second-order valence-electron chi connectivity index (χ2n) is 8.00. The number of rotatable bonds is 5. The third-order valence-corrected chi connectivity index (χ3v) is 4.22. The van der Waals surface area contributed by atoms with Crippen molar-refractivity contribution < 1.29 is 14.6 Å². The first-order valence-electron chi connectivity index (χ1n) is 7.79. The summed E-state index contributed by atoms with van der Waals surface area (Å²) in [5.41, 5.74) is -0.518. The topological polar surface area (TPSA) is 61.8 Å². The number of carbonyl (C=O) groups excluding carboxylic acids is 1. The Bertz CT molecular complexity index is 363. The van der Waals surface area contributed by atoms with E-state index in [2.05, 4.69) is 26.1 Å². The maximum absolute atomic E-state index is 11.9. The van der Waals surface area contributed by atoms with Gasteiger partial charge in [-0.2, -0.15) is 0 Å². The van der Waals surface area contributed by atoms with Crippen LogP contribution in [0, 0.1) is 11.3 Å². The summed E-state index contributed by atoms with van der Waals surface area (Å²) in [5.74, 6) is 0.330. The van der Waals surface area contributed by atoms with Gasteiger partial charge in [-0.15, -0.1) is 0 Å². The lowest BCUT2D eigenvalue weighted by molar-refractivity contribution is -0.0732. The van der Waals surface area contributed by atoms with Crippen molar-refractivity contribution in [3.8, 4) is 0 Å². The van der Waals surface area contributed by atoms with E-state index in [9.17, 15) is 9.90 Å². The van der Waals surface area contributed by atoms with Crippen molar-refractivity contribution in [3.05, 3.63) is 0 Å². The molecule has 0 heterocycles. The fraction of sp³-hybridized carbons (Fsp3) is 0.938. The van der Waals surface area contributed by atoms with Gasteiger partial charge >= 0.3 is 6.09 Å². The quantitative estimate of drug-likeness (QED) is 0.817. The standard InChI is InChI=1S/C16H32N2O3/c1-11(9-17-12-8-13(19)16(12,5)6)10-18(7)14(20)21-15(2,3)4/h11-13,17,19H,8-10H2,1-7H3. The zero-order chi connectivity index (χ0) is 16.4. The summed E-state index contributed by atoms with van der Waals surface area (Å²) in [6.07, 6.45) is 0.310. The number of aliphatic hydroxyl groups excluding tert-OH is 1. The van der Waals surface area contributed by atoms with E-state index in [0.717, 1.165) is 13.0 Å². The molecule has 0 spiro atoms. The first kappa shape index (κ1) is 18.2. The van der Waals surface area contributed by atoms with E-state index in [1.807, 2.05) is 20.8 Å². The van der Waals surface area contributed by atoms with E-state index in [-0.39, 0.29) is 17.6 Å². The van der Waals surface area contributed by atoms with Gasteiger partial charge in [0.2, 0.25) is 0 Å². The molecule has 5 nitrogen and oxygen atoms in total. The van der Waals surface area contributed by atoms with Crippen LogP contribution in [0.15, 0.2) is 0 Å². The number of aliphatic hydroxyl groups is 1. The highest BCUT2D eigenvalue weighted by Crippen LogP contribution is 2.40. The minimum atomic E-state index is -0.459. The lowest BCUT2D eigenvalue weighted by Gasteiger charge is -2.50. The number of hydrogen-bond donors (Lipinski definition) is 2. The van der Waals surface area contributed by atoms with Crippen LogP contribution in [-0.4, -0.2) is 54.0 Å². The molecule has 1 amide bonds. The monoisotopic (exact) mass is 300 g/mol. The molecule has 1 aliphatic carbocycles. The van der Waals surface area contributed by atoms with E-state index in [1.165, 1.54) is 0 Å². The number of amides is 1. The zero-order valence-corrected chi connectivity index (χ0v) is 14.6. The van der Waals surface area contributed by atoms with E-state index in [1.54, 1.807) is 11.9 Å². The molecule has 3 atom stereocenters. The van der Waals surface area contributed by atoms with Crippen molar-refractivity contribution in [3.63, 3.8) is 0 Å². The summed E-state index contributed by atoms with van der Waals surface area (Å²) in [6, 6.07) is 0.349. The molecule has 21 heavy (non-hydrogen) atoms. The molecule has 3 unspecified atom stereocenters. The van der Waals surface area contributed by atoms with Crippen LogP contribution >= 0.6 is 0 Å². The Balaban J connectivity index is 2.31. The summed E-state index contributed by atoms with van der Waals surface area (Å²) in [6.45, 7) is 13.4. The molecule has 0 aliphatic heterocycles. The van der Waals surface area contributed by atoms with Crippen LogP contribution in [0.3, 0.4) is 0 Å². The summed E-state index contributed by atoms with van der Waals surface area (Å²) in [5, 5.41) is 13.2. The van der Waals surface area contributed by atoms with Crippen molar-refractivity contribution in [2.75, 3.05) is 20.1 Å². The number of carbonyl (C=O) groups is 1. The highest BCUT2D eigenvalue weighted by Gasteiger charge is 2.46. The molecule has 1 saturated carbocycles. The fourth-order valence-electron chi connectivity index (χ4n) is 2.54. The van der Waals surface area contributed by atoms with Gasteiger partial charge < -0.3 is 20.1 Å². The molecular formula is C16H32N2O3. The van der Waals surface area contributed by atoms with Crippen LogP contribution in [0.5, 0.6) is 0 Å². The largest absolute Gasteiger partial charge is 0.444 e. The Morgan fingerprint density at radius 2 is 2.05 bits per heavy atom. The summed E-state index contributed by atoms with van der Waals surface area (Å²) in [4.78, 5) is 13.5. The van der Waals surface area contributed by atoms with Crippen molar-refractivity contribution in [1.29, 1.82) is 0 Å². The molecule has 1 fully saturated rings. The van der Waals surface area contributed by atoms with Crippen molar-refractivity contribution in [2.24, 2.45) is 11.3 Å². The third kappa shape index (κ3) is 5.15. The Hall–Kier alpha value is -0.810. The van der Waals surface area contributed by atoms with Gasteiger partial charge in [0.1, 0.15) is 5.60 Å². The second kappa shape index (κ2) is 6.53. The predicted octanol–water partition coefficient (Wildman–Crippen LogP) is 2.24. The van der Waals surface area contributed by atoms with Crippen LogP contribution in [0.4, 0.5) is 4.79 Å². The van der Waals surface area contributed by atoms with Crippen LogP contribution in [0.25, 0.3) is 0 Å². The van der Waals surface area contributed by atoms with Crippen molar-refractivity contribution in [2.45, 2.75) is 65.7 Å². The van der Waals surface area contributed by atoms with Gasteiger partial charge in [0.25, 0.3) is 0 Å². The van der Waals surface area contributed by atoms with Gasteiger partial charge in [0, 0.05) is 25.0 Å². The molecule has 0 aromatic heterocycles. The molecule has 0 aromatic carbocycles. The Kier molecular flexibility index (Phi) is 5.67. The van der Waals surface area contributed by atoms with Gasteiger partial charge in [-0.05, 0) is 39.7 Å². The van der Waals surface area contributed by atoms with Crippen LogP contribution < -0.4 is 5.32 Å². The Morgan fingerprint density at radius 3 is 2.48 bits per heavy atom. The average molecular weight is 300 g/mol. The van der Waals surface area contributed by atoms with Crippen LogP contribution in [-0.2, 0) is 4.74 Å². The zero-order valence-electron chi connectivity index (χ0n) is 14.6. The number of ether oxygens (including phenoxy) is 1. The first-order valence-corrected chi connectivity index (χ1v) is 7.79. The number of nitrogens with one attached hydrogen (secondary N) is 1. The summed E-state index contributed by atoms with van der Waals surface area (Å²) < 4.78 is 5.34. The van der Waals surface area contributed by atoms with Gasteiger partial charge in [0.15, 0.2) is 0 Å².